The summed E-state index contributed by atoms with van der Waals surface area (Å²) in [5.41, 5.74) is 0.435. The normalized spacial score (nSPS) is 10.9. The second-order valence-electron chi connectivity index (χ2n) is 3.61. The van der Waals surface area contributed by atoms with Crippen LogP contribution in [-0.4, -0.2) is 20.2 Å². The lowest BCUT2D eigenvalue weighted by Crippen LogP contribution is -1.92. The molecule has 0 fully saturated rings. The molecule has 0 aliphatic heterocycles. The van der Waals surface area contributed by atoms with E-state index >= 15 is 0 Å². The Morgan fingerprint density at radius 1 is 1.21 bits per heavy atom. The Morgan fingerprint density at radius 3 is 2.84 bits per heavy atom. The van der Waals surface area contributed by atoms with Crippen LogP contribution in [0, 0.1) is 5.82 Å². The molecule has 5 nitrogen and oxygen atoms in total. The van der Waals surface area contributed by atoms with Gasteiger partial charge in [-0.2, -0.15) is 15.1 Å². The van der Waals surface area contributed by atoms with Crippen LogP contribution in [0.3, 0.4) is 0 Å². The van der Waals surface area contributed by atoms with E-state index in [-0.39, 0.29) is 21.9 Å². The summed E-state index contributed by atoms with van der Waals surface area (Å²) < 4.78 is 18.8. The molecule has 1 aromatic carbocycles. The first-order valence-electron chi connectivity index (χ1n) is 5.13. The zero-order chi connectivity index (χ0) is 13.4. The summed E-state index contributed by atoms with van der Waals surface area (Å²) in [5, 5.41) is 7.02. The van der Waals surface area contributed by atoms with Gasteiger partial charge in [0.15, 0.2) is 5.65 Å². The topological polar surface area (TPSA) is 63.7 Å². The third-order valence-electron chi connectivity index (χ3n) is 2.35. The molecule has 2 heterocycles. The smallest absolute Gasteiger partial charge is 0.234 e. The lowest BCUT2D eigenvalue weighted by molar-refractivity contribution is 0.463. The number of hydrogen-bond donors (Lipinski definition) is 1. The summed E-state index contributed by atoms with van der Waals surface area (Å²) in [6.07, 6.45) is 1.49. The van der Waals surface area contributed by atoms with E-state index < -0.39 is 5.82 Å². The van der Waals surface area contributed by atoms with Crippen LogP contribution in [0.15, 0.2) is 24.4 Å². The molecule has 0 spiro atoms. The summed E-state index contributed by atoms with van der Waals surface area (Å²) in [4.78, 5) is 7.87. The number of rotatable bonds is 2. The molecule has 3 aromatic rings. The molecule has 8 heteroatoms. The summed E-state index contributed by atoms with van der Waals surface area (Å²) in [5.74, 6) is -0.146. The molecule has 2 aromatic heterocycles. The van der Waals surface area contributed by atoms with E-state index in [1.165, 1.54) is 18.3 Å². The maximum absolute atomic E-state index is 13.3. The fourth-order valence-corrected chi connectivity index (χ4v) is 1.79. The van der Waals surface area contributed by atoms with Crippen molar-refractivity contribution in [3.05, 3.63) is 40.5 Å². The molecule has 3 rings (SSSR count). The Balaban J connectivity index is 2.04. The Kier molecular flexibility index (Phi) is 2.96. The Bertz CT molecular complexity index is 762. The Hall–Kier alpha value is -1.92. The van der Waals surface area contributed by atoms with Gasteiger partial charge in [-0.15, -0.1) is 0 Å². The van der Waals surface area contributed by atoms with E-state index in [4.69, 9.17) is 27.9 Å². The van der Waals surface area contributed by atoms with E-state index in [1.54, 1.807) is 0 Å². The molecule has 0 aliphatic rings. The minimum absolute atomic E-state index is 0.00110. The average molecular weight is 299 g/mol. The monoisotopic (exact) mass is 298 g/mol. The van der Waals surface area contributed by atoms with Crippen molar-refractivity contribution >= 4 is 34.2 Å². The number of H-pyrrole nitrogens is 1. The number of hydrogen-bond acceptors (Lipinski definition) is 4. The van der Waals surface area contributed by atoms with Crippen LogP contribution < -0.4 is 4.74 Å². The number of nitrogens with one attached hydrogen (secondary N) is 1. The molecule has 19 heavy (non-hydrogen) atoms. The van der Waals surface area contributed by atoms with Crippen LogP contribution in [0.4, 0.5) is 4.39 Å². The summed E-state index contributed by atoms with van der Waals surface area (Å²) in [7, 11) is 0. The molecule has 0 bridgehead atoms. The van der Waals surface area contributed by atoms with Crippen molar-refractivity contribution in [2.75, 3.05) is 0 Å². The van der Waals surface area contributed by atoms with Crippen LogP contribution in [0.5, 0.6) is 11.6 Å². The van der Waals surface area contributed by atoms with Gasteiger partial charge < -0.3 is 4.74 Å². The van der Waals surface area contributed by atoms with Crippen molar-refractivity contribution in [3.8, 4) is 11.6 Å². The average Bonchev–Trinajstić information content (AvgIpc) is 2.82. The molecule has 0 saturated heterocycles. The van der Waals surface area contributed by atoms with Crippen molar-refractivity contribution < 1.29 is 9.13 Å². The third-order valence-corrected chi connectivity index (χ3v) is 2.83. The van der Waals surface area contributed by atoms with Crippen molar-refractivity contribution in [3.63, 3.8) is 0 Å². The maximum Gasteiger partial charge on any atom is 0.234 e. The van der Waals surface area contributed by atoms with Crippen molar-refractivity contribution in [1.82, 2.24) is 20.2 Å². The first-order valence-corrected chi connectivity index (χ1v) is 5.88. The van der Waals surface area contributed by atoms with Gasteiger partial charge >= 0.3 is 0 Å². The Labute approximate surface area is 116 Å². The number of halogens is 3. The van der Waals surface area contributed by atoms with E-state index in [0.29, 0.717) is 11.0 Å². The van der Waals surface area contributed by atoms with Gasteiger partial charge in [-0.05, 0) is 23.7 Å². The lowest BCUT2D eigenvalue weighted by atomic mass is 10.3. The predicted octanol–water partition coefficient (Wildman–Crippen LogP) is 3.59. The van der Waals surface area contributed by atoms with Gasteiger partial charge in [0.05, 0.1) is 11.2 Å². The largest absolute Gasteiger partial charge is 0.438 e. The number of benzene rings is 1. The summed E-state index contributed by atoms with van der Waals surface area (Å²) in [6, 6.07) is 4.07. The summed E-state index contributed by atoms with van der Waals surface area (Å²) in [6.45, 7) is 0. The van der Waals surface area contributed by atoms with Crippen LogP contribution >= 0.6 is 23.2 Å². The fraction of sp³-hybridized carbons (Fsp3) is 0. The van der Waals surface area contributed by atoms with E-state index in [0.717, 1.165) is 6.07 Å². The third kappa shape index (κ3) is 2.32. The molecule has 0 saturated carbocycles. The van der Waals surface area contributed by atoms with Gasteiger partial charge in [-0.3, -0.25) is 5.10 Å². The molecule has 0 amide bonds. The maximum atomic E-state index is 13.3. The molecule has 0 aliphatic carbocycles. The first kappa shape index (κ1) is 12.1. The fourth-order valence-electron chi connectivity index (χ4n) is 1.51. The van der Waals surface area contributed by atoms with Gasteiger partial charge in [0.2, 0.25) is 11.2 Å². The zero-order valence-electron chi connectivity index (χ0n) is 9.19. The highest BCUT2D eigenvalue weighted by Crippen LogP contribution is 2.29. The van der Waals surface area contributed by atoms with Gasteiger partial charge in [0, 0.05) is 6.07 Å². The molecule has 0 atom stereocenters. The number of aromatic amines is 1. The molecular formula is C11H5Cl2FN4O. The van der Waals surface area contributed by atoms with E-state index in [9.17, 15) is 4.39 Å². The van der Waals surface area contributed by atoms with Gasteiger partial charge in [0.1, 0.15) is 17.0 Å². The number of ether oxygens (including phenoxy) is 1. The molecular weight excluding hydrogens is 294 g/mol. The number of nitrogens with zero attached hydrogens (tertiary/aromatic N) is 3. The minimum Gasteiger partial charge on any atom is -0.438 e. The zero-order valence-corrected chi connectivity index (χ0v) is 10.7. The number of fused-ring (bicyclic) bond motifs is 1. The highest BCUT2D eigenvalue weighted by molar-refractivity contribution is 6.30. The summed E-state index contributed by atoms with van der Waals surface area (Å²) >= 11 is 11.4. The minimum atomic E-state index is -0.581. The first-order chi connectivity index (χ1) is 9.13. The predicted molar refractivity (Wildman–Crippen MR) is 68.2 cm³/mol. The van der Waals surface area contributed by atoms with E-state index in [1.807, 2.05) is 0 Å². The molecule has 0 radical (unpaired) electrons. The quantitative estimate of drug-likeness (QED) is 0.734. The van der Waals surface area contributed by atoms with Crippen LogP contribution in [0.2, 0.25) is 10.3 Å². The molecule has 96 valence electrons. The van der Waals surface area contributed by atoms with Crippen molar-refractivity contribution in [2.24, 2.45) is 0 Å². The van der Waals surface area contributed by atoms with Gasteiger partial charge in [-0.1, -0.05) is 11.6 Å². The highest BCUT2D eigenvalue weighted by atomic mass is 35.5. The van der Waals surface area contributed by atoms with E-state index in [2.05, 4.69) is 20.2 Å². The van der Waals surface area contributed by atoms with Crippen LogP contribution in [0.25, 0.3) is 11.0 Å². The van der Waals surface area contributed by atoms with Crippen LogP contribution in [-0.2, 0) is 0 Å². The molecule has 1 N–H and O–H groups in total. The number of aromatic nitrogens is 4. The van der Waals surface area contributed by atoms with Crippen molar-refractivity contribution in [2.45, 2.75) is 0 Å². The second kappa shape index (κ2) is 4.64. The lowest BCUT2D eigenvalue weighted by Gasteiger charge is -2.06. The highest BCUT2D eigenvalue weighted by Gasteiger charge is 2.11. The van der Waals surface area contributed by atoms with Crippen molar-refractivity contribution in [1.29, 1.82) is 0 Å². The Morgan fingerprint density at radius 2 is 2.05 bits per heavy atom. The van der Waals surface area contributed by atoms with Crippen LogP contribution in [0.1, 0.15) is 0 Å². The van der Waals surface area contributed by atoms with Gasteiger partial charge in [0.25, 0.3) is 0 Å². The van der Waals surface area contributed by atoms with Gasteiger partial charge in [-0.25, -0.2) is 4.39 Å². The second-order valence-corrected chi connectivity index (χ2v) is 4.35. The molecule has 0 unspecified atom stereocenters. The SMILES string of the molecule is Fc1cc(Oc2nc(Cl)nc3[nH]ncc23)ccc1Cl. The standard InChI is InChI=1S/C11H5Cl2FN4O/c12-7-2-1-5(3-8(7)14)19-10-6-4-15-18-9(6)16-11(13)17-10/h1-4H,(H,15,16,17,18).